The van der Waals surface area contributed by atoms with Crippen LogP contribution >= 0.6 is 12.2 Å². The zero-order valence-electron chi connectivity index (χ0n) is 21.7. The van der Waals surface area contributed by atoms with Gasteiger partial charge in [-0.1, -0.05) is 37.3 Å². The molecule has 2 aromatic carbocycles. The van der Waals surface area contributed by atoms with E-state index in [1.54, 1.807) is 29.1 Å². The number of nitrogens with one attached hydrogen (secondary N) is 2. The summed E-state index contributed by atoms with van der Waals surface area (Å²) < 4.78 is 42.2. The van der Waals surface area contributed by atoms with Gasteiger partial charge >= 0.3 is 6.18 Å². The molecule has 2 N–H and O–H groups in total. The Labute approximate surface area is 235 Å². The van der Waals surface area contributed by atoms with E-state index in [1.807, 2.05) is 60.4 Å². The standard InChI is InChI=1S/C30H28F3N5OS/c1-2-20-9-3-4-12-23(20)35-26(39)15-18-38-28(27(36-29(38)40)24-13-5-6-16-34-24)25-14-8-17-37(25)22-11-7-10-21(19-22)30(31,32)33/h3-14,16-17,19,27-28H,2,15,18H2,1H3,(H,35,39)(H,36,40). The quantitative estimate of drug-likeness (QED) is 0.241. The van der Waals surface area contributed by atoms with E-state index in [-0.39, 0.29) is 18.4 Å². The fourth-order valence-electron chi connectivity index (χ4n) is 5.06. The Balaban J connectivity index is 1.46. The minimum Gasteiger partial charge on any atom is -0.352 e. The van der Waals surface area contributed by atoms with Gasteiger partial charge < -0.3 is 20.1 Å². The number of pyridine rings is 1. The van der Waals surface area contributed by atoms with Crippen molar-refractivity contribution in [2.45, 2.75) is 38.0 Å². The van der Waals surface area contributed by atoms with Crippen LogP contribution in [0.1, 0.15) is 47.9 Å². The average Bonchev–Trinajstić information content (AvgIpc) is 3.56. The lowest BCUT2D eigenvalue weighted by atomic mass is 10.0. The first-order chi connectivity index (χ1) is 19.3. The Morgan fingerprint density at radius 2 is 1.85 bits per heavy atom. The first kappa shape index (κ1) is 27.4. The number of aryl methyl sites for hydroxylation is 1. The number of alkyl halides is 3. The van der Waals surface area contributed by atoms with Gasteiger partial charge in [0.15, 0.2) is 5.11 Å². The Morgan fingerprint density at radius 3 is 2.60 bits per heavy atom. The third-order valence-corrected chi connectivity index (χ3v) is 7.34. The molecule has 1 aliphatic heterocycles. The van der Waals surface area contributed by atoms with Crippen molar-refractivity contribution in [1.29, 1.82) is 0 Å². The van der Waals surface area contributed by atoms with Crippen LogP contribution in [-0.2, 0) is 17.4 Å². The summed E-state index contributed by atoms with van der Waals surface area (Å²) in [5.74, 6) is -0.156. The van der Waals surface area contributed by atoms with Crippen molar-refractivity contribution in [2.75, 3.05) is 11.9 Å². The zero-order valence-corrected chi connectivity index (χ0v) is 22.5. The molecule has 2 unspecified atom stereocenters. The van der Waals surface area contributed by atoms with Gasteiger partial charge in [0.1, 0.15) is 0 Å². The third kappa shape index (κ3) is 5.72. The number of thiocarbonyl (C=S) groups is 1. The molecule has 5 rings (SSSR count). The fraction of sp³-hybridized carbons (Fsp3) is 0.233. The largest absolute Gasteiger partial charge is 0.416 e. The van der Waals surface area contributed by atoms with Crippen LogP contribution in [0.3, 0.4) is 0 Å². The monoisotopic (exact) mass is 563 g/mol. The van der Waals surface area contributed by atoms with Gasteiger partial charge in [-0.3, -0.25) is 9.78 Å². The van der Waals surface area contributed by atoms with E-state index < -0.39 is 17.8 Å². The first-order valence-electron chi connectivity index (χ1n) is 13.0. The number of amides is 1. The highest BCUT2D eigenvalue weighted by Crippen LogP contribution is 2.40. The maximum Gasteiger partial charge on any atom is 0.416 e. The predicted octanol–water partition coefficient (Wildman–Crippen LogP) is 6.45. The van der Waals surface area contributed by atoms with E-state index in [4.69, 9.17) is 12.2 Å². The van der Waals surface area contributed by atoms with Crippen LogP contribution in [0.5, 0.6) is 0 Å². The number of halogens is 3. The van der Waals surface area contributed by atoms with Crippen molar-refractivity contribution >= 4 is 28.9 Å². The summed E-state index contributed by atoms with van der Waals surface area (Å²) in [5.41, 5.74) is 2.92. The second-order valence-electron chi connectivity index (χ2n) is 9.48. The summed E-state index contributed by atoms with van der Waals surface area (Å²) in [6, 6.07) is 21.3. The van der Waals surface area contributed by atoms with Gasteiger partial charge in [0.2, 0.25) is 5.91 Å². The number of aromatic nitrogens is 2. The summed E-state index contributed by atoms with van der Waals surface area (Å²) >= 11 is 5.72. The summed E-state index contributed by atoms with van der Waals surface area (Å²) in [5, 5.41) is 6.78. The summed E-state index contributed by atoms with van der Waals surface area (Å²) in [6.45, 7) is 2.33. The smallest absolute Gasteiger partial charge is 0.352 e. The lowest BCUT2D eigenvalue weighted by Crippen LogP contribution is -2.33. The molecule has 0 aliphatic carbocycles. The zero-order chi connectivity index (χ0) is 28.3. The van der Waals surface area contributed by atoms with Gasteiger partial charge in [-0.2, -0.15) is 13.2 Å². The Bertz CT molecular complexity index is 1500. The summed E-state index contributed by atoms with van der Waals surface area (Å²) in [6.07, 6.45) is -0.100. The molecule has 10 heteroatoms. The van der Waals surface area contributed by atoms with Crippen molar-refractivity contribution in [3.8, 4) is 5.69 Å². The molecule has 2 aromatic heterocycles. The van der Waals surface area contributed by atoms with Crippen LogP contribution in [-0.4, -0.2) is 32.0 Å². The molecule has 0 spiro atoms. The lowest BCUT2D eigenvalue weighted by Gasteiger charge is -2.29. The van der Waals surface area contributed by atoms with Crippen LogP contribution < -0.4 is 10.6 Å². The molecule has 1 saturated heterocycles. The van der Waals surface area contributed by atoms with E-state index >= 15 is 0 Å². The van der Waals surface area contributed by atoms with E-state index in [9.17, 15) is 18.0 Å². The van der Waals surface area contributed by atoms with Gasteiger partial charge in [-0.05, 0) is 72.7 Å². The number of hydrogen-bond donors (Lipinski definition) is 2. The first-order valence-corrected chi connectivity index (χ1v) is 13.4. The SMILES string of the molecule is CCc1ccccc1NC(=O)CCN1C(=S)NC(c2ccccn2)C1c1cccn1-c1cccc(C(F)(F)F)c1. The van der Waals surface area contributed by atoms with Gasteiger partial charge in [0, 0.05) is 42.4 Å². The van der Waals surface area contributed by atoms with E-state index in [0.29, 0.717) is 17.3 Å². The minimum atomic E-state index is -4.47. The molecule has 1 aliphatic rings. The minimum absolute atomic E-state index is 0.156. The number of nitrogens with zero attached hydrogens (tertiary/aromatic N) is 3. The molecule has 0 saturated carbocycles. The van der Waals surface area contributed by atoms with Crippen LogP contribution in [0.15, 0.2) is 91.3 Å². The van der Waals surface area contributed by atoms with Gasteiger partial charge in [0.25, 0.3) is 0 Å². The van der Waals surface area contributed by atoms with Crippen LogP contribution in [0.25, 0.3) is 5.69 Å². The highest BCUT2D eigenvalue weighted by Gasteiger charge is 2.41. The van der Waals surface area contributed by atoms with Crippen molar-refractivity contribution < 1.29 is 18.0 Å². The number of para-hydroxylation sites is 1. The molecule has 6 nitrogen and oxygen atoms in total. The summed E-state index contributed by atoms with van der Waals surface area (Å²) in [7, 11) is 0. The number of hydrogen-bond acceptors (Lipinski definition) is 3. The number of benzene rings is 2. The van der Waals surface area contributed by atoms with Gasteiger partial charge in [0.05, 0.1) is 23.3 Å². The molecule has 206 valence electrons. The molecule has 3 heterocycles. The molecule has 4 aromatic rings. The van der Waals surface area contributed by atoms with E-state index in [2.05, 4.69) is 15.6 Å². The predicted molar refractivity (Wildman–Crippen MR) is 152 cm³/mol. The van der Waals surface area contributed by atoms with Crippen LogP contribution in [0, 0.1) is 0 Å². The molecular weight excluding hydrogens is 535 g/mol. The van der Waals surface area contributed by atoms with Crippen molar-refractivity contribution in [3.63, 3.8) is 0 Å². The Hall–Kier alpha value is -4.18. The number of anilines is 1. The van der Waals surface area contributed by atoms with Gasteiger partial charge in [-0.15, -0.1) is 0 Å². The molecule has 40 heavy (non-hydrogen) atoms. The lowest BCUT2D eigenvalue weighted by molar-refractivity contribution is -0.137. The highest BCUT2D eigenvalue weighted by molar-refractivity contribution is 7.80. The van der Waals surface area contributed by atoms with Crippen molar-refractivity contribution in [2.24, 2.45) is 0 Å². The highest BCUT2D eigenvalue weighted by atomic mass is 32.1. The maximum atomic E-state index is 13.5. The maximum absolute atomic E-state index is 13.5. The topological polar surface area (TPSA) is 62.2 Å². The molecule has 0 bridgehead atoms. The summed E-state index contributed by atoms with van der Waals surface area (Å²) in [4.78, 5) is 19.4. The van der Waals surface area contributed by atoms with Crippen LogP contribution in [0.2, 0.25) is 0 Å². The molecule has 2 atom stereocenters. The molecule has 1 fully saturated rings. The molecule has 0 radical (unpaired) electrons. The van der Waals surface area contributed by atoms with Crippen molar-refractivity contribution in [3.05, 3.63) is 114 Å². The fourth-order valence-corrected chi connectivity index (χ4v) is 5.39. The molecule has 1 amide bonds. The third-order valence-electron chi connectivity index (χ3n) is 6.98. The Kier molecular flexibility index (Phi) is 7.88. The van der Waals surface area contributed by atoms with Crippen LogP contribution in [0.4, 0.5) is 18.9 Å². The number of rotatable bonds is 8. The van der Waals surface area contributed by atoms with E-state index in [1.165, 1.54) is 6.07 Å². The van der Waals surface area contributed by atoms with E-state index in [0.717, 1.165) is 41.2 Å². The van der Waals surface area contributed by atoms with Crippen molar-refractivity contribution in [1.82, 2.24) is 19.8 Å². The molecular formula is C30H28F3N5OS. The number of carbonyl (C=O) groups is 1. The second-order valence-corrected chi connectivity index (χ2v) is 9.87. The second kappa shape index (κ2) is 11.5. The Morgan fingerprint density at radius 1 is 1.05 bits per heavy atom. The number of carbonyl (C=O) groups excluding carboxylic acids is 1. The normalized spacial score (nSPS) is 17.1. The van der Waals surface area contributed by atoms with Gasteiger partial charge in [-0.25, -0.2) is 0 Å². The average molecular weight is 564 g/mol.